The van der Waals surface area contributed by atoms with Crippen LogP contribution in [0, 0.1) is 5.82 Å². The Morgan fingerprint density at radius 2 is 1.93 bits per heavy atom. The number of halogens is 1. The number of fused-ring (bicyclic) bond motifs is 1. The van der Waals surface area contributed by atoms with Crippen LogP contribution in [0.3, 0.4) is 0 Å². The zero-order valence-electron chi connectivity index (χ0n) is 16.8. The average Bonchev–Trinajstić information content (AvgIpc) is 3.29. The van der Waals surface area contributed by atoms with E-state index < -0.39 is 0 Å². The van der Waals surface area contributed by atoms with Gasteiger partial charge in [0.2, 0.25) is 0 Å². The summed E-state index contributed by atoms with van der Waals surface area (Å²) in [6, 6.07) is 8.67. The van der Waals surface area contributed by atoms with Gasteiger partial charge in [-0.3, -0.25) is 4.79 Å². The van der Waals surface area contributed by atoms with Crippen LogP contribution in [0.2, 0.25) is 0 Å². The van der Waals surface area contributed by atoms with E-state index in [1.807, 2.05) is 15.6 Å². The first-order valence-corrected chi connectivity index (χ1v) is 10.5. The van der Waals surface area contributed by atoms with E-state index in [0.717, 1.165) is 48.0 Å². The van der Waals surface area contributed by atoms with Gasteiger partial charge in [-0.2, -0.15) is 5.10 Å². The van der Waals surface area contributed by atoms with E-state index in [0.29, 0.717) is 18.0 Å². The predicted octanol–water partition coefficient (Wildman–Crippen LogP) is 5.01. The van der Waals surface area contributed by atoms with Crippen molar-refractivity contribution in [1.82, 2.24) is 19.7 Å². The van der Waals surface area contributed by atoms with Crippen LogP contribution in [-0.4, -0.2) is 32.1 Å². The van der Waals surface area contributed by atoms with Gasteiger partial charge in [-0.1, -0.05) is 12.1 Å². The number of likely N-dealkylation sites (tertiary alicyclic amines) is 1. The summed E-state index contributed by atoms with van der Waals surface area (Å²) in [5.74, 6) is 0.220. The lowest BCUT2D eigenvalue weighted by Gasteiger charge is -2.25. The first-order chi connectivity index (χ1) is 14.0. The molecule has 1 atom stereocenters. The van der Waals surface area contributed by atoms with Crippen molar-refractivity contribution in [2.45, 2.75) is 57.5 Å². The van der Waals surface area contributed by atoms with E-state index in [9.17, 15) is 9.18 Å². The molecule has 3 aromatic rings. The quantitative estimate of drug-likeness (QED) is 0.627. The molecule has 0 spiro atoms. The van der Waals surface area contributed by atoms with Crippen molar-refractivity contribution in [3.05, 3.63) is 59.2 Å². The predicted molar refractivity (Wildman–Crippen MR) is 109 cm³/mol. The lowest BCUT2D eigenvalue weighted by molar-refractivity contribution is 0.0737. The highest BCUT2D eigenvalue weighted by Crippen LogP contribution is 2.41. The standard InChI is InChI=1S/C23H25FN4O/c1-14(2)28-22-19(13-25-28)18(12-20(26-22)15-5-6-15)23(29)27-11-3-4-21(27)16-7-9-17(24)10-8-16/h7-10,12-15,21H,3-6,11H2,1-2H3. The van der Waals surface area contributed by atoms with Gasteiger partial charge in [0.25, 0.3) is 5.91 Å². The van der Waals surface area contributed by atoms with E-state index in [-0.39, 0.29) is 23.8 Å². The molecular formula is C23H25FN4O. The number of nitrogens with zero attached hydrogens (tertiary/aromatic N) is 4. The minimum absolute atomic E-state index is 0.0177. The molecule has 5 rings (SSSR count). The summed E-state index contributed by atoms with van der Waals surface area (Å²) >= 11 is 0. The zero-order chi connectivity index (χ0) is 20.1. The minimum atomic E-state index is -0.254. The number of rotatable bonds is 4. The first kappa shape index (κ1) is 18.3. The molecule has 2 fully saturated rings. The molecule has 0 bridgehead atoms. The molecule has 150 valence electrons. The number of amides is 1. The second-order valence-electron chi connectivity index (χ2n) is 8.50. The maximum Gasteiger partial charge on any atom is 0.255 e. The Hall–Kier alpha value is -2.76. The van der Waals surface area contributed by atoms with Gasteiger partial charge in [0, 0.05) is 24.2 Å². The van der Waals surface area contributed by atoms with Crippen LogP contribution >= 0.6 is 0 Å². The Balaban J connectivity index is 1.57. The van der Waals surface area contributed by atoms with Crippen molar-refractivity contribution < 1.29 is 9.18 Å². The van der Waals surface area contributed by atoms with Crippen LogP contribution in [0.4, 0.5) is 4.39 Å². The molecule has 1 amide bonds. The zero-order valence-corrected chi connectivity index (χ0v) is 16.8. The van der Waals surface area contributed by atoms with Gasteiger partial charge in [0.05, 0.1) is 23.2 Å². The molecule has 1 saturated heterocycles. The number of hydrogen-bond acceptors (Lipinski definition) is 3. The van der Waals surface area contributed by atoms with E-state index >= 15 is 0 Å². The molecule has 0 N–H and O–H groups in total. The molecule has 1 aromatic carbocycles. The lowest BCUT2D eigenvalue weighted by Crippen LogP contribution is -2.31. The van der Waals surface area contributed by atoms with Crippen molar-refractivity contribution >= 4 is 16.9 Å². The molecule has 1 aliphatic heterocycles. The summed E-state index contributed by atoms with van der Waals surface area (Å²) < 4.78 is 15.3. The van der Waals surface area contributed by atoms with Crippen LogP contribution < -0.4 is 0 Å². The Morgan fingerprint density at radius 1 is 1.17 bits per heavy atom. The molecule has 3 heterocycles. The second-order valence-corrected chi connectivity index (χ2v) is 8.50. The Morgan fingerprint density at radius 3 is 2.62 bits per heavy atom. The van der Waals surface area contributed by atoms with Gasteiger partial charge < -0.3 is 4.90 Å². The van der Waals surface area contributed by atoms with E-state index in [1.165, 1.54) is 12.1 Å². The monoisotopic (exact) mass is 392 g/mol. The first-order valence-electron chi connectivity index (χ1n) is 10.5. The van der Waals surface area contributed by atoms with Crippen molar-refractivity contribution in [2.75, 3.05) is 6.54 Å². The average molecular weight is 392 g/mol. The molecule has 1 saturated carbocycles. The molecular weight excluding hydrogens is 367 g/mol. The van der Waals surface area contributed by atoms with Gasteiger partial charge in [0.15, 0.2) is 5.65 Å². The number of hydrogen-bond donors (Lipinski definition) is 0. The van der Waals surface area contributed by atoms with Crippen molar-refractivity contribution in [1.29, 1.82) is 0 Å². The highest BCUT2D eigenvalue weighted by atomic mass is 19.1. The third-order valence-electron chi connectivity index (χ3n) is 6.07. The summed E-state index contributed by atoms with van der Waals surface area (Å²) in [6.45, 7) is 4.86. The van der Waals surface area contributed by atoms with E-state index in [4.69, 9.17) is 4.98 Å². The Labute approximate surface area is 169 Å². The van der Waals surface area contributed by atoms with Gasteiger partial charge in [-0.25, -0.2) is 14.1 Å². The number of aromatic nitrogens is 3. The van der Waals surface area contributed by atoms with E-state index in [1.54, 1.807) is 18.3 Å². The smallest absolute Gasteiger partial charge is 0.255 e. The molecule has 2 aromatic heterocycles. The molecule has 6 heteroatoms. The van der Waals surface area contributed by atoms with Crippen molar-refractivity contribution in [3.8, 4) is 0 Å². The summed E-state index contributed by atoms with van der Waals surface area (Å²) in [4.78, 5) is 20.5. The van der Waals surface area contributed by atoms with Crippen LogP contribution in [0.25, 0.3) is 11.0 Å². The SMILES string of the molecule is CC(C)n1ncc2c(C(=O)N3CCCC3c3ccc(F)cc3)cc(C3CC3)nc21. The van der Waals surface area contributed by atoms with Gasteiger partial charge in [-0.05, 0) is 63.3 Å². The molecule has 2 aliphatic rings. The third kappa shape index (κ3) is 3.20. The fraction of sp³-hybridized carbons (Fsp3) is 0.435. The molecule has 1 unspecified atom stereocenters. The number of carbonyl (C=O) groups excluding carboxylic acids is 1. The van der Waals surface area contributed by atoms with Crippen molar-refractivity contribution in [3.63, 3.8) is 0 Å². The summed E-state index contributed by atoms with van der Waals surface area (Å²) in [7, 11) is 0. The molecule has 1 aliphatic carbocycles. The summed E-state index contributed by atoms with van der Waals surface area (Å²) in [5, 5.41) is 5.33. The van der Waals surface area contributed by atoms with Crippen LogP contribution in [0.15, 0.2) is 36.5 Å². The van der Waals surface area contributed by atoms with Gasteiger partial charge in [-0.15, -0.1) is 0 Å². The summed E-state index contributed by atoms with van der Waals surface area (Å²) in [6.07, 6.45) is 5.87. The minimum Gasteiger partial charge on any atom is -0.332 e. The maximum atomic E-state index is 13.7. The molecule has 0 radical (unpaired) electrons. The van der Waals surface area contributed by atoms with Crippen LogP contribution in [0.5, 0.6) is 0 Å². The third-order valence-corrected chi connectivity index (χ3v) is 6.07. The summed E-state index contributed by atoms with van der Waals surface area (Å²) in [5.41, 5.74) is 3.48. The second kappa shape index (κ2) is 6.94. The molecule has 5 nitrogen and oxygen atoms in total. The largest absolute Gasteiger partial charge is 0.332 e. The lowest BCUT2D eigenvalue weighted by atomic mass is 10.0. The highest BCUT2D eigenvalue weighted by molar-refractivity contribution is 6.05. The van der Waals surface area contributed by atoms with Gasteiger partial charge in [0.1, 0.15) is 5.82 Å². The Kier molecular flexibility index (Phi) is 4.37. The van der Waals surface area contributed by atoms with Gasteiger partial charge >= 0.3 is 0 Å². The van der Waals surface area contributed by atoms with Crippen LogP contribution in [-0.2, 0) is 0 Å². The van der Waals surface area contributed by atoms with Crippen molar-refractivity contribution in [2.24, 2.45) is 0 Å². The molecule has 29 heavy (non-hydrogen) atoms. The normalized spacial score (nSPS) is 19.4. The Bertz CT molecular complexity index is 1070. The fourth-order valence-corrected chi connectivity index (χ4v) is 4.38. The highest BCUT2D eigenvalue weighted by Gasteiger charge is 2.34. The maximum absolute atomic E-state index is 13.7. The topological polar surface area (TPSA) is 51.0 Å². The number of benzene rings is 1. The van der Waals surface area contributed by atoms with Crippen LogP contribution in [0.1, 0.15) is 79.1 Å². The number of carbonyl (C=O) groups is 1. The fourth-order valence-electron chi connectivity index (χ4n) is 4.38. The van der Waals surface area contributed by atoms with E-state index in [2.05, 4.69) is 18.9 Å². The number of pyridine rings is 1.